The minimum Gasteiger partial charge on any atom is -0.369 e. The van der Waals surface area contributed by atoms with E-state index in [1.165, 1.54) is 4.90 Å². The van der Waals surface area contributed by atoms with Crippen LogP contribution in [0.2, 0.25) is 0 Å². The van der Waals surface area contributed by atoms with Crippen LogP contribution in [0.4, 0.5) is 0 Å². The number of primary amides is 1. The summed E-state index contributed by atoms with van der Waals surface area (Å²) in [5.74, 6) is -1.44. The van der Waals surface area contributed by atoms with Gasteiger partial charge in [-0.2, -0.15) is 0 Å². The molecule has 0 radical (unpaired) electrons. The van der Waals surface area contributed by atoms with Gasteiger partial charge in [-0.15, -0.1) is 0 Å². The van der Waals surface area contributed by atoms with Crippen molar-refractivity contribution in [3.05, 3.63) is 34.9 Å². The van der Waals surface area contributed by atoms with Crippen LogP contribution in [0.15, 0.2) is 18.2 Å². The summed E-state index contributed by atoms with van der Waals surface area (Å²) in [6.07, 6.45) is 3.11. The summed E-state index contributed by atoms with van der Waals surface area (Å²) in [4.78, 5) is 38.0. The van der Waals surface area contributed by atoms with Crippen LogP contribution in [0, 0.1) is 12.8 Å². The van der Waals surface area contributed by atoms with Gasteiger partial charge in [-0.1, -0.05) is 24.5 Å². The van der Waals surface area contributed by atoms with Crippen LogP contribution in [-0.4, -0.2) is 28.7 Å². The van der Waals surface area contributed by atoms with Crippen LogP contribution < -0.4 is 5.73 Å². The van der Waals surface area contributed by atoms with Crippen LogP contribution >= 0.6 is 0 Å². The predicted octanol–water partition coefficient (Wildman–Crippen LogP) is 1.64. The number of carbonyl (C=O) groups excluding carboxylic acids is 3. The van der Waals surface area contributed by atoms with Gasteiger partial charge in [0.2, 0.25) is 5.91 Å². The summed E-state index contributed by atoms with van der Waals surface area (Å²) in [6, 6.07) is 4.84. The lowest BCUT2D eigenvalue weighted by Crippen LogP contribution is -2.49. The lowest BCUT2D eigenvalue weighted by atomic mass is 9.83. The lowest BCUT2D eigenvalue weighted by molar-refractivity contribution is -0.124. The second-order valence-corrected chi connectivity index (χ2v) is 5.89. The molecule has 1 aliphatic carbocycles. The molecule has 0 bridgehead atoms. The fourth-order valence-electron chi connectivity index (χ4n) is 3.43. The Hall–Kier alpha value is -2.17. The number of imide groups is 1. The van der Waals surface area contributed by atoms with Crippen LogP contribution in [0.5, 0.6) is 0 Å². The van der Waals surface area contributed by atoms with Crippen LogP contribution in [0.3, 0.4) is 0 Å². The molecule has 3 rings (SSSR count). The van der Waals surface area contributed by atoms with Gasteiger partial charge in [-0.25, -0.2) is 0 Å². The quantitative estimate of drug-likeness (QED) is 0.839. The summed E-state index contributed by atoms with van der Waals surface area (Å²) < 4.78 is 0. The predicted molar refractivity (Wildman–Crippen MR) is 76.6 cm³/mol. The van der Waals surface area contributed by atoms with Crippen molar-refractivity contribution in [2.24, 2.45) is 11.7 Å². The van der Waals surface area contributed by atoms with Crippen molar-refractivity contribution < 1.29 is 14.4 Å². The normalized spacial score (nSPS) is 25.1. The third-order valence-electron chi connectivity index (χ3n) is 4.50. The van der Waals surface area contributed by atoms with Gasteiger partial charge >= 0.3 is 0 Å². The van der Waals surface area contributed by atoms with Crippen LogP contribution in [0.25, 0.3) is 0 Å². The first-order valence-corrected chi connectivity index (χ1v) is 7.28. The van der Waals surface area contributed by atoms with E-state index >= 15 is 0 Å². The minimum absolute atomic E-state index is 0.295. The van der Waals surface area contributed by atoms with Gasteiger partial charge in [-0.05, 0) is 31.9 Å². The zero-order valence-corrected chi connectivity index (χ0v) is 12.0. The molecule has 1 saturated carbocycles. The van der Waals surface area contributed by atoms with E-state index in [9.17, 15) is 14.4 Å². The Kier molecular flexibility index (Phi) is 3.27. The van der Waals surface area contributed by atoms with Gasteiger partial charge in [-0.3, -0.25) is 19.3 Å². The summed E-state index contributed by atoms with van der Waals surface area (Å²) >= 11 is 0. The molecule has 1 fully saturated rings. The maximum atomic E-state index is 12.6. The molecule has 1 heterocycles. The third kappa shape index (κ3) is 2.13. The number of fused-ring (bicyclic) bond motifs is 1. The van der Waals surface area contributed by atoms with Crippen molar-refractivity contribution in [2.75, 3.05) is 0 Å². The molecular formula is C16H18N2O3. The zero-order chi connectivity index (χ0) is 15.1. The number of rotatable bonds is 2. The van der Waals surface area contributed by atoms with E-state index in [0.717, 1.165) is 18.4 Å². The maximum absolute atomic E-state index is 12.6. The van der Waals surface area contributed by atoms with E-state index in [1.807, 2.05) is 13.0 Å². The Morgan fingerprint density at radius 2 is 1.81 bits per heavy atom. The molecule has 0 spiro atoms. The fraction of sp³-hybridized carbons (Fsp3) is 0.438. The molecule has 0 saturated heterocycles. The first-order valence-electron chi connectivity index (χ1n) is 7.28. The Labute approximate surface area is 123 Å². The van der Waals surface area contributed by atoms with E-state index in [-0.39, 0.29) is 11.8 Å². The number of carbonyl (C=O) groups is 3. The number of nitrogens with zero attached hydrogens (tertiary/aromatic N) is 1. The number of benzene rings is 1. The third-order valence-corrected chi connectivity index (χ3v) is 4.50. The van der Waals surface area contributed by atoms with Gasteiger partial charge in [0.25, 0.3) is 11.8 Å². The van der Waals surface area contributed by atoms with Crippen LogP contribution in [0.1, 0.15) is 52.0 Å². The molecule has 5 heteroatoms. The molecule has 110 valence electrons. The summed E-state index contributed by atoms with van der Waals surface area (Å²) in [7, 11) is 0. The standard InChI is InChI=1S/C16H18N2O3/c1-9-6-7-10-12(8-9)16(21)18(15(10)20)13-5-3-2-4-11(13)14(17)19/h6-8,11,13H,2-5H2,1H3,(H2,17,19). The number of hydrogen-bond acceptors (Lipinski definition) is 3. The molecular weight excluding hydrogens is 268 g/mol. The molecule has 2 aliphatic rings. The lowest BCUT2D eigenvalue weighted by Gasteiger charge is -2.34. The highest BCUT2D eigenvalue weighted by molar-refractivity contribution is 6.21. The van der Waals surface area contributed by atoms with Gasteiger partial charge in [0.05, 0.1) is 23.1 Å². The maximum Gasteiger partial charge on any atom is 0.261 e. The van der Waals surface area contributed by atoms with Gasteiger partial charge in [0, 0.05) is 0 Å². The SMILES string of the molecule is Cc1ccc2c(c1)C(=O)N(C1CCCCC1C(N)=O)C2=O. The minimum atomic E-state index is -0.429. The van der Waals surface area contributed by atoms with Crippen molar-refractivity contribution in [3.8, 4) is 0 Å². The Morgan fingerprint density at radius 3 is 2.52 bits per heavy atom. The van der Waals surface area contributed by atoms with Gasteiger partial charge in [0.15, 0.2) is 0 Å². The van der Waals surface area contributed by atoms with Gasteiger partial charge < -0.3 is 5.73 Å². The Balaban J connectivity index is 1.98. The highest BCUT2D eigenvalue weighted by Crippen LogP contribution is 2.34. The Morgan fingerprint density at radius 1 is 1.14 bits per heavy atom. The number of nitrogens with two attached hydrogens (primary N) is 1. The summed E-state index contributed by atoms with van der Waals surface area (Å²) in [5, 5.41) is 0. The average Bonchev–Trinajstić information content (AvgIpc) is 2.70. The molecule has 1 aliphatic heterocycles. The largest absolute Gasteiger partial charge is 0.369 e. The highest BCUT2D eigenvalue weighted by atomic mass is 16.2. The fourth-order valence-corrected chi connectivity index (χ4v) is 3.43. The van der Waals surface area contributed by atoms with Crippen molar-refractivity contribution in [3.63, 3.8) is 0 Å². The average molecular weight is 286 g/mol. The van der Waals surface area contributed by atoms with Crippen molar-refractivity contribution in [1.82, 2.24) is 4.90 Å². The van der Waals surface area contributed by atoms with Gasteiger partial charge in [0.1, 0.15) is 0 Å². The van der Waals surface area contributed by atoms with Crippen molar-refractivity contribution in [1.29, 1.82) is 0 Å². The molecule has 2 atom stereocenters. The van der Waals surface area contributed by atoms with Crippen LogP contribution in [-0.2, 0) is 4.79 Å². The summed E-state index contributed by atoms with van der Waals surface area (Å²) in [6.45, 7) is 1.88. The van der Waals surface area contributed by atoms with E-state index in [0.29, 0.717) is 24.0 Å². The monoisotopic (exact) mass is 286 g/mol. The second-order valence-electron chi connectivity index (χ2n) is 5.89. The molecule has 1 aromatic rings. The van der Waals surface area contributed by atoms with E-state index in [2.05, 4.69) is 0 Å². The highest BCUT2D eigenvalue weighted by Gasteiger charge is 2.44. The van der Waals surface area contributed by atoms with Crippen molar-refractivity contribution in [2.45, 2.75) is 38.6 Å². The Bertz CT molecular complexity index is 638. The molecule has 2 unspecified atom stereocenters. The molecule has 2 N–H and O–H groups in total. The molecule has 0 aromatic heterocycles. The van der Waals surface area contributed by atoms with E-state index in [1.54, 1.807) is 12.1 Å². The first-order chi connectivity index (χ1) is 10.0. The first kappa shape index (κ1) is 13.8. The smallest absolute Gasteiger partial charge is 0.261 e. The number of aryl methyl sites for hydroxylation is 1. The zero-order valence-electron chi connectivity index (χ0n) is 12.0. The molecule has 1 aromatic carbocycles. The number of amides is 3. The molecule has 21 heavy (non-hydrogen) atoms. The van der Waals surface area contributed by atoms with E-state index in [4.69, 9.17) is 5.73 Å². The molecule has 5 nitrogen and oxygen atoms in total. The molecule has 3 amide bonds. The summed E-state index contributed by atoms with van der Waals surface area (Å²) in [5.41, 5.74) is 7.26. The van der Waals surface area contributed by atoms with E-state index < -0.39 is 17.9 Å². The number of hydrogen-bond donors (Lipinski definition) is 1. The topological polar surface area (TPSA) is 80.5 Å². The second kappa shape index (κ2) is 4.98. The van der Waals surface area contributed by atoms with Crippen molar-refractivity contribution >= 4 is 17.7 Å².